The number of rotatable bonds is 2. The van der Waals surface area contributed by atoms with Crippen LogP contribution >= 0.6 is 0 Å². The summed E-state index contributed by atoms with van der Waals surface area (Å²) >= 11 is 0. The van der Waals surface area contributed by atoms with E-state index in [4.69, 9.17) is 5.73 Å². The molecule has 2 N–H and O–H groups in total. The van der Waals surface area contributed by atoms with E-state index in [0.29, 0.717) is 5.69 Å². The van der Waals surface area contributed by atoms with Gasteiger partial charge in [-0.2, -0.15) is 14.3 Å². The average molecular weight is 231 g/mol. The quantitative estimate of drug-likeness (QED) is 0.774. The van der Waals surface area contributed by atoms with Crippen molar-refractivity contribution in [3.63, 3.8) is 0 Å². The Kier molecular flexibility index (Phi) is 2.91. The second kappa shape index (κ2) is 4.37. The minimum atomic E-state index is -0.0645. The van der Waals surface area contributed by atoms with E-state index in [9.17, 15) is 4.79 Å². The van der Waals surface area contributed by atoms with Crippen molar-refractivity contribution in [3.05, 3.63) is 42.0 Å². The molecule has 5 nitrogen and oxygen atoms in total. The van der Waals surface area contributed by atoms with Crippen LogP contribution in [0.1, 0.15) is 16.2 Å². The SMILES string of the molecule is Cc1cc(C)n(C(=O)C[n+]2ccc(N)cc2)n1. The number of aromatic nitrogens is 3. The first-order valence-corrected chi connectivity index (χ1v) is 5.37. The highest BCUT2D eigenvalue weighted by atomic mass is 16.2. The third kappa shape index (κ3) is 2.50. The number of hydrogen-bond acceptors (Lipinski definition) is 3. The van der Waals surface area contributed by atoms with Gasteiger partial charge in [0.15, 0.2) is 12.4 Å². The van der Waals surface area contributed by atoms with Crippen molar-refractivity contribution in [2.24, 2.45) is 0 Å². The minimum absolute atomic E-state index is 0.0645. The van der Waals surface area contributed by atoms with Crippen molar-refractivity contribution in [2.45, 2.75) is 20.4 Å². The van der Waals surface area contributed by atoms with E-state index in [1.165, 1.54) is 4.68 Å². The molecule has 0 aliphatic rings. The van der Waals surface area contributed by atoms with E-state index in [-0.39, 0.29) is 12.5 Å². The van der Waals surface area contributed by atoms with E-state index in [0.717, 1.165) is 11.4 Å². The van der Waals surface area contributed by atoms with Gasteiger partial charge in [-0.3, -0.25) is 4.79 Å². The number of aryl methyl sites for hydroxylation is 2. The van der Waals surface area contributed by atoms with Gasteiger partial charge < -0.3 is 5.73 Å². The number of nitrogen functional groups attached to an aromatic ring is 1. The Morgan fingerprint density at radius 2 is 2.06 bits per heavy atom. The van der Waals surface area contributed by atoms with Gasteiger partial charge in [-0.1, -0.05) is 0 Å². The van der Waals surface area contributed by atoms with Crippen molar-refractivity contribution in [3.8, 4) is 0 Å². The first-order chi connectivity index (χ1) is 8.06. The molecule has 2 rings (SSSR count). The van der Waals surface area contributed by atoms with Gasteiger partial charge in [-0.05, 0) is 19.9 Å². The van der Waals surface area contributed by atoms with Crippen LogP contribution in [0.2, 0.25) is 0 Å². The molecule has 0 spiro atoms. The van der Waals surface area contributed by atoms with Crippen LogP contribution in [0.3, 0.4) is 0 Å². The van der Waals surface area contributed by atoms with Crippen LogP contribution in [-0.2, 0) is 6.54 Å². The van der Waals surface area contributed by atoms with Gasteiger partial charge in [0.2, 0.25) is 6.54 Å². The van der Waals surface area contributed by atoms with Crippen LogP contribution in [0.5, 0.6) is 0 Å². The number of nitrogens with two attached hydrogens (primary N) is 1. The summed E-state index contributed by atoms with van der Waals surface area (Å²) in [7, 11) is 0. The van der Waals surface area contributed by atoms with Crippen LogP contribution < -0.4 is 10.3 Å². The van der Waals surface area contributed by atoms with Crippen molar-refractivity contribution in [2.75, 3.05) is 5.73 Å². The van der Waals surface area contributed by atoms with Crippen molar-refractivity contribution in [1.29, 1.82) is 0 Å². The second-order valence-corrected chi connectivity index (χ2v) is 4.04. The van der Waals surface area contributed by atoms with Crippen molar-refractivity contribution < 1.29 is 9.36 Å². The molecular formula is C12H15N4O+. The van der Waals surface area contributed by atoms with E-state index in [1.54, 1.807) is 29.1 Å². The molecule has 0 fully saturated rings. The summed E-state index contributed by atoms with van der Waals surface area (Å²) in [5, 5.41) is 4.15. The van der Waals surface area contributed by atoms with Crippen LogP contribution in [0.15, 0.2) is 30.6 Å². The van der Waals surface area contributed by atoms with Gasteiger partial charge in [-0.25, -0.2) is 0 Å². The van der Waals surface area contributed by atoms with Gasteiger partial charge in [0, 0.05) is 23.5 Å². The first-order valence-electron chi connectivity index (χ1n) is 5.37. The lowest BCUT2D eigenvalue weighted by atomic mass is 10.4. The molecule has 2 aromatic rings. The summed E-state index contributed by atoms with van der Waals surface area (Å²) in [6.07, 6.45) is 3.55. The van der Waals surface area contributed by atoms with E-state index < -0.39 is 0 Å². The molecule has 0 aliphatic carbocycles. The predicted octanol–water partition coefficient (Wildman–Crippen LogP) is 0.710. The van der Waals surface area contributed by atoms with Crippen LogP contribution in [0.4, 0.5) is 5.69 Å². The van der Waals surface area contributed by atoms with Gasteiger partial charge in [0.1, 0.15) is 0 Å². The largest absolute Gasteiger partial charge is 0.398 e. The molecule has 2 aromatic heterocycles. The zero-order valence-corrected chi connectivity index (χ0v) is 9.92. The minimum Gasteiger partial charge on any atom is -0.398 e. The smallest absolute Gasteiger partial charge is 0.312 e. The topological polar surface area (TPSA) is 64.8 Å². The Balaban J connectivity index is 2.17. The zero-order valence-electron chi connectivity index (χ0n) is 9.92. The maximum atomic E-state index is 12.0. The standard InChI is InChI=1S/C12H14N4O/c1-9-7-10(2)16(14-9)12(17)8-15-5-3-11(13)4-6-15/h3-7,13H,8H2,1-2H3/p+1. The Labute approximate surface area is 99.5 Å². The van der Waals surface area contributed by atoms with Gasteiger partial charge in [0.25, 0.3) is 0 Å². The molecule has 0 saturated carbocycles. The van der Waals surface area contributed by atoms with Gasteiger partial charge in [-0.15, -0.1) is 0 Å². The lowest BCUT2D eigenvalue weighted by Crippen LogP contribution is -2.39. The molecule has 0 radical (unpaired) electrons. The summed E-state index contributed by atoms with van der Waals surface area (Å²) in [5.74, 6) is -0.0645. The second-order valence-electron chi connectivity index (χ2n) is 4.04. The Bertz CT molecular complexity index is 542. The molecular weight excluding hydrogens is 216 g/mol. The van der Waals surface area contributed by atoms with E-state index in [2.05, 4.69) is 5.10 Å². The third-order valence-corrected chi connectivity index (χ3v) is 2.48. The number of pyridine rings is 1. The molecule has 0 bridgehead atoms. The van der Waals surface area contributed by atoms with Crippen molar-refractivity contribution in [1.82, 2.24) is 9.78 Å². The molecule has 0 amide bonds. The predicted molar refractivity (Wildman–Crippen MR) is 63.4 cm³/mol. The maximum absolute atomic E-state index is 12.0. The summed E-state index contributed by atoms with van der Waals surface area (Å²) in [6, 6.07) is 5.40. The normalized spacial score (nSPS) is 10.5. The molecule has 0 aromatic carbocycles. The summed E-state index contributed by atoms with van der Waals surface area (Å²) in [5.41, 5.74) is 7.96. The van der Waals surface area contributed by atoms with E-state index >= 15 is 0 Å². The van der Waals surface area contributed by atoms with Gasteiger partial charge in [0.05, 0.1) is 5.69 Å². The Morgan fingerprint density at radius 3 is 2.59 bits per heavy atom. The fourth-order valence-electron chi connectivity index (χ4n) is 1.68. The zero-order chi connectivity index (χ0) is 12.4. The van der Waals surface area contributed by atoms with Crippen LogP contribution in [0, 0.1) is 13.8 Å². The number of anilines is 1. The number of carbonyl (C=O) groups is 1. The first kappa shape index (κ1) is 11.3. The monoisotopic (exact) mass is 231 g/mol. The number of carbonyl (C=O) groups excluding carboxylic acids is 1. The molecule has 88 valence electrons. The number of hydrogen-bond donors (Lipinski definition) is 1. The summed E-state index contributed by atoms with van der Waals surface area (Å²) < 4.78 is 3.20. The van der Waals surface area contributed by atoms with Crippen LogP contribution in [-0.4, -0.2) is 15.7 Å². The van der Waals surface area contributed by atoms with Crippen molar-refractivity contribution >= 4 is 11.6 Å². The highest BCUT2D eigenvalue weighted by Gasteiger charge is 2.14. The lowest BCUT2D eigenvalue weighted by Gasteiger charge is -2.00. The molecule has 0 unspecified atom stereocenters. The molecule has 2 heterocycles. The molecule has 5 heteroatoms. The average Bonchev–Trinajstić information content (AvgIpc) is 2.61. The molecule has 0 atom stereocenters. The highest BCUT2D eigenvalue weighted by Crippen LogP contribution is 2.01. The lowest BCUT2D eigenvalue weighted by molar-refractivity contribution is -0.683. The molecule has 0 saturated heterocycles. The third-order valence-electron chi connectivity index (χ3n) is 2.48. The Morgan fingerprint density at radius 1 is 1.41 bits per heavy atom. The van der Waals surface area contributed by atoms with Gasteiger partial charge >= 0.3 is 5.91 Å². The summed E-state index contributed by atoms with van der Waals surface area (Å²) in [6.45, 7) is 3.99. The summed E-state index contributed by atoms with van der Waals surface area (Å²) in [4.78, 5) is 12.0. The number of nitrogens with zero attached hydrogens (tertiary/aromatic N) is 3. The molecule has 0 aliphatic heterocycles. The molecule has 17 heavy (non-hydrogen) atoms. The fourth-order valence-corrected chi connectivity index (χ4v) is 1.68. The Hall–Kier alpha value is -2.17. The van der Waals surface area contributed by atoms with E-state index in [1.807, 2.05) is 19.9 Å². The maximum Gasteiger partial charge on any atom is 0.312 e. The highest BCUT2D eigenvalue weighted by molar-refractivity contribution is 5.77. The van der Waals surface area contributed by atoms with Crippen LogP contribution in [0.25, 0.3) is 0 Å². The fraction of sp³-hybridized carbons (Fsp3) is 0.250.